The number of ether oxygens (including phenoxy) is 2. The van der Waals surface area contributed by atoms with E-state index >= 15 is 0 Å². The van der Waals surface area contributed by atoms with Crippen LogP contribution < -0.4 is 0 Å². The number of fused-ring (bicyclic) bond motifs is 5. The van der Waals surface area contributed by atoms with E-state index in [0.717, 1.165) is 31.3 Å². The molecule has 1 heterocycles. The van der Waals surface area contributed by atoms with E-state index in [0.29, 0.717) is 25.7 Å². The summed E-state index contributed by atoms with van der Waals surface area (Å²) in [7, 11) is 0. The molecule has 1 unspecified atom stereocenters. The lowest BCUT2D eigenvalue weighted by Crippen LogP contribution is -2.62. The van der Waals surface area contributed by atoms with Crippen molar-refractivity contribution < 1.29 is 34.7 Å². The average Bonchev–Trinajstić information content (AvgIpc) is 3.43. The molecule has 1 aromatic rings. The molecule has 0 aromatic heterocycles. The van der Waals surface area contributed by atoms with Gasteiger partial charge in [-0.2, -0.15) is 0 Å². The lowest BCUT2D eigenvalue weighted by atomic mass is 9.45. The Morgan fingerprint density at radius 3 is 2.45 bits per heavy atom. The molecule has 1 aliphatic heterocycles. The zero-order valence-electron chi connectivity index (χ0n) is 27.0. The molecule has 0 bridgehead atoms. The largest absolute Gasteiger partial charge is 0.390 e. The SMILES string of the molecule is CC(C)(O)CC[C@H]1OC(/C=C/Cc2ccccc2)O[C@]1(C)[C@H]1CC[C@@]2(O)C3=CC(=O)[C@@H]4C[C@@H](O)[C@@H](O)C[C@]4(C)[C@H]3CC[C@]12C. The number of carbonyl (C=O) groups is 1. The Kier molecular flexibility index (Phi) is 8.12. The highest BCUT2D eigenvalue weighted by Crippen LogP contribution is 2.69. The third-order valence-corrected chi connectivity index (χ3v) is 12.6. The Hall–Kier alpha value is -1.87. The van der Waals surface area contributed by atoms with Crippen molar-refractivity contribution in [1.29, 1.82) is 0 Å². The van der Waals surface area contributed by atoms with Crippen molar-refractivity contribution in [2.24, 2.45) is 28.6 Å². The van der Waals surface area contributed by atoms with E-state index in [1.807, 2.05) is 38.1 Å². The van der Waals surface area contributed by atoms with E-state index in [1.165, 1.54) is 5.56 Å². The van der Waals surface area contributed by atoms with Crippen molar-refractivity contribution in [3.63, 3.8) is 0 Å². The van der Waals surface area contributed by atoms with Gasteiger partial charge >= 0.3 is 0 Å². The number of carbonyl (C=O) groups excluding carboxylic acids is 1. The number of rotatable bonds is 7. The number of aliphatic hydroxyl groups is 4. The maximum atomic E-state index is 13.6. The molecule has 4 fully saturated rings. The highest BCUT2D eigenvalue weighted by atomic mass is 16.7. The van der Waals surface area contributed by atoms with Crippen LogP contribution in [-0.4, -0.2) is 67.6 Å². The molecule has 7 heteroatoms. The van der Waals surface area contributed by atoms with Crippen LogP contribution in [0.1, 0.15) is 91.5 Å². The molecule has 4 aliphatic carbocycles. The van der Waals surface area contributed by atoms with Gasteiger partial charge in [0.15, 0.2) is 12.1 Å². The van der Waals surface area contributed by atoms with Gasteiger partial charge in [0.1, 0.15) is 0 Å². The molecule has 5 aliphatic rings. The Labute approximate surface area is 262 Å². The van der Waals surface area contributed by atoms with Gasteiger partial charge in [-0.3, -0.25) is 4.79 Å². The van der Waals surface area contributed by atoms with Crippen molar-refractivity contribution in [2.45, 2.75) is 134 Å². The standard InChI is InChI=1S/C37H52O7/c1-33(2,41)17-16-31-36(5,44-32(43-31)13-9-12-23-10-7-6-8-11-23)30-15-19-37(42)25-20-27(38)26-21-28(39)29(40)22-34(26,3)24(25)14-18-35(30,37)4/h6-11,13,20,24,26,28-32,39-42H,12,14-19,21-22H2,1-5H3/b13-9+/t24-,26-,28+,29-,30-,31+,32?,34+,35+,36+,37+/m0/s1. The van der Waals surface area contributed by atoms with Gasteiger partial charge in [-0.05, 0) is 119 Å². The lowest BCUT2D eigenvalue weighted by Gasteiger charge is -2.60. The molecule has 11 atom stereocenters. The molecule has 0 amide bonds. The molecule has 6 rings (SSSR count). The summed E-state index contributed by atoms with van der Waals surface area (Å²) >= 11 is 0. The molecule has 44 heavy (non-hydrogen) atoms. The first-order valence-corrected chi connectivity index (χ1v) is 16.7. The molecule has 1 aromatic carbocycles. The molecular formula is C37H52O7. The van der Waals surface area contributed by atoms with E-state index in [4.69, 9.17) is 9.47 Å². The fourth-order valence-electron chi connectivity index (χ4n) is 10.1. The topological polar surface area (TPSA) is 116 Å². The maximum absolute atomic E-state index is 13.6. The fourth-order valence-corrected chi connectivity index (χ4v) is 10.1. The number of benzene rings is 1. The van der Waals surface area contributed by atoms with Crippen molar-refractivity contribution in [1.82, 2.24) is 0 Å². The first-order valence-electron chi connectivity index (χ1n) is 16.7. The van der Waals surface area contributed by atoms with E-state index in [9.17, 15) is 25.2 Å². The molecule has 0 radical (unpaired) electrons. The second-order valence-electron chi connectivity index (χ2n) is 15.9. The molecular weight excluding hydrogens is 556 g/mol. The Morgan fingerprint density at radius 2 is 1.75 bits per heavy atom. The maximum Gasteiger partial charge on any atom is 0.178 e. The molecule has 1 saturated heterocycles. The molecule has 0 spiro atoms. The van der Waals surface area contributed by atoms with Crippen LogP contribution in [0, 0.1) is 28.6 Å². The quantitative estimate of drug-likeness (QED) is 0.321. The predicted octanol–water partition coefficient (Wildman–Crippen LogP) is 5.04. The number of ketones is 1. The number of hydrogen-bond donors (Lipinski definition) is 4. The van der Waals surface area contributed by atoms with E-state index in [2.05, 4.69) is 39.0 Å². The van der Waals surface area contributed by atoms with E-state index < -0.39 is 46.1 Å². The summed E-state index contributed by atoms with van der Waals surface area (Å²) in [5.74, 6) is -0.458. The van der Waals surface area contributed by atoms with Gasteiger partial charge in [-0.25, -0.2) is 0 Å². The van der Waals surface area contributed by atoms with Gasteiger partial charge < -0.3 is 29.9 Å². The zero-order valence-corrected chi connectivity index (χ0v) is 27.0. The predicted molar refractivity (Wildman–Crippen MR) is 167 cm³/mol. The Morgan fingerprint density at radius 1 is 1.02 bits per heavy atom. The van der Waals surface area contributed by atoms with Crippen LogP contribution in [0.3, 0.4) is 0 Å². The summed E-state index contributed by atoms with van der Waals surface area (Å²) in [4.78, 5) is 13.6. The fraction of sp³-hybridized carbons (Fsp3) is 0.703. The third kappa shape index (κ3) is 5.16. The number of hydrogen-bond acceptors (Lipinski definition) is 7. The van der Waals surface area contributed by atoms with Crippen LogP contribution >= 0.6 is 0 Å². The number of allylic oxidation sites excluding steroid dienone is 2. The normalized spacial score (nSPS) is 45.6. The van der Waals surface area contributed by atoms with Crippen LogP contribution in [0.4, 0.5) is 0 Å². The van der Waals surface area contributed by atoms with Gasteiger partial charge in [-0.1, -0.05) is 50.3 Å². The van der Waals surface area contributed by atoms with Crippen LogP contribution in [0.5, 0.6) is 0 Å². The summed E-state index contributed by atoms with van der Waals surface area (Å²) in [6.45, 7) is 10.00. The Bertz CT molecular complexity index is 1300. The minimum Gasteiger partial charge on any atom is -0.390 e. The van der Waals surface area contributed by atoms with Crippen LogP contribution in [0.15, 0.2) is 54.1 Å². The van der Waals surface area contributed by atoms with E-state index in [1.54, 1.807) is 6.08 Å². The second-order valence-corrected chi connectivity index (χ2v) is 15.9. The third-order valence-electron chi connectivity index (χ3n) is 12.6. The summed E-state index contributed by atoms with van der Waals surface area (Å²) < 4.78 is 13.4. The minimum absolute atomic E-state index is 0.0302. The first kappa shape index (κ1) is 32.1. The number of aliphatic hydroxyl groups excluding tert-OH is 2. The van der Waals surface area contributed by atoms with Crippen LogP contribution in [0.2, 0.25) is 0 Å². The molecule has 4 N–H and O–H groups in total. The minimum atomic E-state index is -1.18. The summed E-state index contributed by atoms with van der Waals surface area (Å²) in [6.07, 6.45) is 8.59. The molecule has 3 saturated carbocycles. The zero-order chi connectivity index (χ0) is 31.7. The lowest BCUT2D eigenvalue weighted by molar-refractivity contribution is -0.165. The monoisotopic (exact) mass is 608 g/mol. The van der Waals surface area contributed by atoms with Crippen molar-refractivity contribution in [3.05, 3.63) is 59.7 Å². The van der Waals surface area contributed by atoms with Crippen LogP contribution in [-0.2, 0) is 20.7 Å². The van der Waals surface area contributed by atoms with Crippen molar-refractivity contribution in [3.8, 4) is 0 Å². The smallest absolute Gasteiger partial charge is 0.178 e. The summed E-state index contributed by atoms with van der Waals surface area (Å²) in [5, 5.41) is 44.4. The molecule has 7 nitrogen and oxygen atoms in total. The second kappa shape index (κ2) is 11.1. The van der Waals surface area contributed by atoms with Gasteiger partial charge in [0.05, 0.1) is 35.1 Å². The average molecular weight is 609 g/mol. The van der Waals surface area contributed by atoms with Gasteiger partial charge in [0, 0.05) is 11.3 Å². The van der Waals surface area contributed by atoms with Gasteiger partial charge in [-0.15, -0.1) is 0 Å². The van der Waals surface area contributed by atoms with E-state index in [-0.39, 0.29) is 36.1 Å². The van der Waals surface area contributed by atoms with Gasteiger partial charge in [0.25, 0.3) is 0 Å². The van der Waals surface area contributed by atoms with Crippen molar-refractivity contribution >= 4 is 5.78 Å². The summed E-state index contributed by atoms with van der Waals surface area (Å²) in [6, 6.07) is 10.3. The van der Waals surface area contributed by atoms with Crippen LogP contribution in [0.25, 0.3) is 0 Å². The summed E-state index contributed by atoms with van der Waals surface area (Å²) in [5.41, 5.74) is -1.78. The molecule has 242 valence electrons. The first-order chi connectivity index (χ1) is 20.6. The highest BCUT2D eigenvalue weighted by molar-refractivity contribution is 5.95. The highest BCUT2D eigenvalue weighted by Gasteiger charge is 2.70. The van der Waals surface area contributed by atoms with Crippen molar-refractivity contribution in [2.75, 3.05) is 0 Å². The Balaban J connectivity index is 1.30. The van der Waals surface area contributed by atoms with Gasteiger partial charge in [0.2, 0.25) is 0 Å².